The summed E-state index contributed by atoms with van der Waals surface area (Å²) < 4.78 is 32.9. The largest absolute Gasteiger partial charge is 0.494 e. The maximum Gasteiger partial charge on any atom is 0.233 e. The third kappa shape index (κ3) is 10.5. The van der Waals surface area contributed by atoms with Gasteiger partial charge >= 0.3 is 0 Å². The second-order valence-electron chi connectivity index (χ2n) is 12.8. The number of halogens is 2. The molecule has 0 aliphatic carbocycles. The second-order valence-corrected chi connectivity index (χ2v) is 12.8. The lowest BCUT2D eigenvalue weighted by Gasteiger charge is -2.48. The van der Waals surface area contributed by atoms with E-state index in [1.54, 1.807) is 24.1 Å². The monoisotopic (exact) mass is 686 g/mol. The lowest BCUT2D eigenvalue weighted by molar-refractivity contribution is -0.131. The summed E-state index contributed by atoms with van der Waals surface area (Å²) >= 11 is 0. The number of likely N-dealkylation sites (N-methyl/N-ethyl adjacent to an activating group) is 1. The minimum absolute atomic E-state index is 0.102. The summed E-state index contributed by atoms with van der Waals surface area (Å²) in [5.41, 5.74) is 2.06. The Hall–Kier alpha value is -3.49. The summed E-state index contributed by atoms with van der Waals surface area (Å²) in [5, 5.41) is 58.9. The summed E-state index contributed by atoms with van der Waals surface area (Å²) in [4.78, 5) is 16.8. The highest BCUT2D eigenvalue weighted by atomic mass is 19.1. The Kier molecular flexibility index (Phi) is 14.5. The maximum absolute atomic E-state index is 13.6. The first kappa shape index (κ1) is 38.3. The van der Waals surface area contributed by atoms with Crippen molar-refractivity contribution in [1.82, 2.24) is 4.90 Å². The highest BCUT2D eigenvalue weighted by Crippen LogP contribution is 2.46. The number of rotatable bonds is 20. The molecule has 0 spiro atoms. The van der Waals surface area contributed by atoms with E-state index in [1.165, 1.54) is 36.4 Å². The van der Waals surface area contributed by atoms with Gasteiger partial charge in [0.1, 0.15) is 35.7 Å². The topological polar surface area (TPSA) is 154 Å². The fraction of sp³-hybridized carbons (Fsp3) is 0.486. The van der Waals surface area contributed by atoms with Gasteiger partial charge in [-0.05, 0) is 98.9 Å². The van der Waals surface area contributed by atoms with Crippen molar-refractivity contribution in [3.8, 4) is 5.75 Å². The van der Waals surface area contributed by atoms with Crippen LogP contribution < -0.4 is 9.64 Å². The molecule has 0 aromatic heterocycles. The van der Waals surface area contributed by atoms with Crippen LogP contribution in [0, 0.1) is 17.6 Å². The van der Waals surface area contributed by atoms with Crippen molar-refractivity contribution in [1.29, 1.82) is 0 Å². The van der Waals surface area contributed by atoms with Gasteiger partial charge in [-0.15, -0.1) is 0 Å². The minimum atomic E-state index is -1.64. The number of unbranched alkanes of at least 4 members (excludes halogenated alkanes) is 3. The number of carbonyl (C=O) groups excluding carboxylic acids is 1. The van der Waals surface area contributed by atoms with Gasteiger partial charge < -0.3 is 45.2 Å². The van der Waals surface area contributed by atoms with Crippen LogP contribution in [0.3, 0.4) is 0 Å². The van der Waals surface area contributed by atoms with Crippen LogP contribution in [0.15, 0.2) is 72.8 Å². The van der Waals surface area contributed by atoms with Crippen molar-refractivity contribution >= 4 is 11.6 Å². The lowest BCUT2D eigenvalue weighted by atomic mass is 9.78. The summed E-state index contributed by atoms with van der Waals surface area (Å²) in [6.45, 7) is 0.560. The first-order valence-electron chi connectivity index (χ1n) is 16.8. The van der Waals surface area contributed by atoms with Crippen LogP contribution in [0.25, 0.3) is 0 Å². The Morgan fingerprint density at radius 3 is 2.02 bits per heavy atom. The molecule has 1 fully saturated rings. The SMILES string of the molecule is CN(CCCCCCOc1ccc(C2C(CCC(O)c3ccc(F)cc3)C(=O)N2c2ccc(F)cc2)cc1)CC(O)C(O)C(O)C(O)CO. The molecule has 1 amide bonds. The van der Waals surface area contributed by atoms with E-state index in [0.717, 1.165) is 31.2 Å². The van der Waals surface area contributed by atoms with Gasteiger partial charge in [0, 0.05) is 12.2 Å². The van der Waals surface area contributed by atoms with E-state index in [2.05, 4.69) is 0 Å². The molecule has 0 saturated carbocycles. The fourth-order valence-corrected chi connectivity index (χ4v) is 6.16. The summed E-state index contributed by atoms with van der Waals surface area (Å²) in [7, 11) is 1.79. The van der Waals surface area contributed by atoms with E-state index in [0.29, 0.717) is 43.0 Å². The van der Waals surface area contributed by atoms with Gasteiger partial charge in [-0.25, -0.2) is 8.78 Å². The highest BCUT2D eigenvalue weighted by Gasteiger charge is 2.48. The minimum Gasteiger partial charge on any atom is -0.494 e. The molecule has 3 aromatic rings. The van der Waals surface area contributed by atoms with Crippen LogP contribution in [-0.4, -0.2) is 99.2 Å². The summed E-state index contributed by atoms with van der Waals surface area (Å²) in [6.07, 6.45) is -2.61. The highest BCUT2D eigenvalue weighted by molar-refractivity contribution is 6.03. The molecule has 3 aromatic carbocycles. The normalized spacial score (nSPS) is 19.3. The Morgan fingerprint density at radius 2 is 1.39 bits per heavy atom. The van der Waals surface area contributed by atoms with Gasteiger partial charge in [-0.3, -0.25) is 4.79 Å². The number of benzene rings is 3. The van der Waals surface area contributed by atoms with Crippen molar-refractivity contribution in [2.75, 3.05) is 38.3 Å². The zero-order valence-corrected chi connectivity index (χ0v) is 27.7. The van der Waals surface area contributed by atoms with Gasteiger partial charge in [0.15, 0.2) is 0 Å². The lowest BCUT2D eigenvalue weighted by Crippen LogP contribution is -2.55. The molecule has 7 atom stereocenters. The summed E-state index contributed by atoms with van der Waals surface area (Å²) in [5.74, 6) is -0.607. The zero-order chi connectivity index (χ0) is 35.5. The maximum atomic E-state index is 13.6. The van der Waals surface area contributed by atoms with Crippen molar-refractivity contribution in [2.24, 2.45) is 5.92 Å². The number of amides is 1. The molecule has 10 nitrogen and oxygen atoms in total. The molecule has 4 rings (SSSR count). The van der Waals surface area contributed by atoms with Gasteiger partial charge in [0.25, 0.3) is 0 Å². The average molecular weight is 687 g/mol. The third-order valence-corrected chi connectivity index (χ3v) is 9.07. The van der Waals surface area contributed by atoms with Gasteiger partial charge in [0.05, 0.1) is 37.4 Å². The Bertz CT molecular complexity index is 1430. The van der Waals surface area contributed by atoms with Gasteiger partial charge in [-0.1, -0.05) is 37.1 Å². The Morgan fingerprint density at radius 1 is 0.796 bits per heavy atom. The molecule has 268 valence electrons. The quantitative estimate of drug-likeness (QED) is 0.0775. The molecule has 49 heavy (non-hydrogen) atoms. The molecular formula is C37H48F2N2O8. The summed E-state index contributed by atoms with van der Waals surface area (Å²) in [6, 6.07) is 18.7. The number of nitrogens with zero attached hydrogens (tertiary/aromatic N) is 2. The first-order chi connectivity index (χ1) is 23.5. The molecule has 12 heteroatoms. The molecule has 1 saturated heterocycles. The number of anilines is 1. The molecular weight excluding hydrogens is 638 g/mol. The number of hydrogen-bond acceptors (Lipinski definition) is 9. The van der Waals surface area contributed by atoms with E-state index in [4.69, 9.17) is 9.84 Å². The number of ether oxygens (including phenoxy) is 1. The predicted octanol–water partition coefficient (Wildman–Crippen LogP) is 3.49. The van der Waals surface area contributed by atoms with Crippen LogP contribution in [0.5, 0.6) is 5.75 Å². The third-order valence-electron chi connectivity index (χ3n) is 9.07. The number of β-lactam (4-membered cyclic amide) rings is 1. The van der Waals surface area contributed by atoms with Crippen LogP contribution in [0.1, 0.15) is 61.8 Å². The van der Waals surface area contributed by atoms with Gasteiger partial charge in [0.2, 0.25) is 5.91 Å². The zero-order valence-electron chi connectivity index (χ0n) is 27.7. The van der Waals surface area contributed by atoms with Crippen molar-refractivity contribution in [2.45, 2.75) is 75.1 Å². The van der Waals surface area contributed by atoms with E-state index in [1.807, 2.05) is 29.2 Å². The number of hydrogen-bond donors (Lipinski definition) is 6. The molecule has 0 bridgehead atoms. The first-order valence-corrected chi connectivity index (χ1v) is 16.8. The molecule has 0 radical (unpaired) electrons. The Balaban J connectivity index is 1.23. The number of carbonyl (C=O) groups is 1. The van der Waals surface area contributed by atoms with Gasteiger partial charge in [-0.2, -0.15) is 0 Å². The molecule has 7 unspecified atom stereocenters. The molecule has 6 N–H and O–H groups in total. The number of aliphatic hydroxyl groups is 6. The standard InChI is InChI=1S/C37H48F2N2O8/c1-40(22-32(44)35(46)36(47)33(45)23-42)20-4-2-3-5-21-49-29-16-8-25(9-17-29)34-30(18-19-31(43)24-6-10-26(38)11-7-24)37(48)41(34)28-14-12-27(39)13-15-28/h6-17,30-36,42-47H,2-5,18-23H2,1H3. The smallest absolute Gasteiger partial charge is 0.233 e. The molecule has 1 heterocycles. The van der Waals surface area contributed by atoms with E-state index >= 15 is 0 Å². The second kappa shape index (κ2) is 18.5. The van der Waals surface area contributed by atoms with E-state index in [-0.39, 0.29) is 24.3 Å². The van der Waals surface area contributed by atoms with E-state index < -0.39 is 48.9 Å². The van der Waals surface area contributed by atoms with Crippen LogP contribution in [0.4, 0.5) is 14.5 Å². The Labute approximate surface area is 285 Å². The van der Waals surface area contributed by atoms with Crippen LogP contribution in [0.2, 0.25) is 0 Å². The van der Waals surface area contributed by atoms with Crippen molar-refractivity contribution in [3.63, 3.8) is 0 Å². The van der Waals surface area contributed by atoms with Crippen LogP contribution in [-0.2, 0) is 4.79 Å². The fourth-order valence-electron chi connectivity index (χ4n) is 6.16. The van der Waals surface area contributed by atoms with Crippen molar-refractivity contribution < 1.29 is 49.0 Å². The average Bonchev–Trinajstić information content (AvgIpc) is 3.10. The molecule has 1 aliphatic rings. The van der Waals surface area contributed by atoms with Crippen LogP contribution >= 0.6 is 0 Å². The number of aliphatic hydroxyl groups excluding tert-OH is 6. The molecule has 1 aliphatic heterocycles. The predicted molar refractivity (Wildman–Crippen MR) is 180 cm³/mol. The van der Waals surface area contributed by atoms with E-state index in [9.17, 15) is 39.1 Å². The van der Waals surface area contributed by atoms with Crippen molar-refractivity contribution in [3.05, 3.63) is 95.6 Å².